The molecule has 0 aromatic heterocycles. The molecule has 0 radical (unpaired) electrons. The van der Waals surface area contributed by atoms with E-state index < -0.39 is 0 Å². The second kappa shape index (κ2) is 8.92. The molecule has 0 aliphatic rings. The molecule has 0 aromatic carbocycles. The lowest BCUT2D eigenvalue weighted by molar-refractivity contribution is -0.0806. The van der Waals surface area contributed by atoms with Crippen LogP contribution in [0, 0.1) is 17.3 Å². The highest BCUT2D eigenvalue weighted by molar-refractivity contribution is 4.89. The van der Waals surface area contributed by atoms with Crippen molar-refractivity contribution in [3.8, 4) is 0 Å². The first-order chi connectivity index (χ1) is 8.41. The van der Waals surface area contributed by atoms with Gasteiger partial charge in [0, 0.05) is 19.6 Å². The molecule has 18 heavy (non-hydrogen) atoms. The van der Waals surface area contributed by atoms with Gasteiger partial charge in [-0.2, -0.15) is 0 Å². The third-order valence-electron chi connectivity index (χ3n) is 3.58. The van der Waals surface area contributed by atoms with Gasteiger partial charge >= 0.3 is 0 Å². The van der Waals surface area contributed by atoms with Crippen LogP contribution in [0.15, 0.2) is 0 Å². The predicted octanol–water partition coefficient (Wildman–Crippen LogP) is 4.53. The maximum absolute atomic E-state index is 5.83. The van der Waals surface area contributed by atoms with Gasteiger partial charge in [0.2, 0.25) is 0 Å². The van der Waals surface area contributed by atoms with Crippen LogP contribution in [-0.4, -0.2) is 26.9 Å². The summed E-state index contributed by atoms with van der Waals surface area (Å²) >= 11 is 0. The standard InChI is InChI=1S/C16H34O2/c1-8-9-15(18-7)16(12-17-6,10-13(2)3)11-14(4)5/h13-15H,8-12H2,1-7H3. The lowest BCUT2D eigenvalue weighted by atomic mass is 9.69. The van der Waals surface area contributed by atoms with Crippen molar-refractivity contribution in [2.24, 2.45) is 17.3 Å². The Morgan fingerprint density at radius 2 is 1.44 bits per heavy atom. The first kappa shape index (κ1) is 17.9. The van der Waals surface area contributed by atoms with Crippen molar-refractivity contribution in [3.05, 3.63) is 0 Å². The fraction of sp³-hybridized carbons (Fsp3) is 1.00. The summed E-state index contributed by atoms with van der Waals surface area (Å²) < 4.78 is 11.4. The van der Waals surface area contributed by atoms with Gasteiger partial charge in [-0.25, -0.2) is 0 Å². The maximum atomic E-state index is 5.83. The van der Waals surface area contributed by atoms with E-state index in [1.807, 2.05) is 14.2 Å². The summed E-state index contributed by atoms with van der Waals surface area (Å²) in [4.78, 5) is 0. The molecule has 0 spiro atoms. The Bertz CT molecular complexity index is 189. The van der Waals surface area contributed by atoms with Crippen molar-refractivity contribution in [3.63, 3.8) is 0 Å². The highest BCUT2D eigenvalue weighted by atomic mass is 16.5. The van der Waals surface area contributed by atoms with E-state index in [0.717, 1.165) is 13.0 Å². The van der Waals surface area contributed by atoms with Gasteiger partial charge in [0.1, 0.15) is 0 Å². The van der Waals surface area contributed by atoms with Crippen LogP contribution in [0.3, 0.4) is 0 Å². The van der Waals surface area contributed by atoms with E-state index in [0.29, 0.717) is 17.9 Å². The Balaban J connectivity index is 5.11. The minimum absolute atomic E-state index is 0.168. The summed E-state index contributed by atoms with van der Waals surface area (Å²) in [5.41, 5.74) is 0.168. The zero-order valence-electron chi connectivity index (χ0n) is 13.6. The molecule has 0 aliphatic heterocycles. The molecule has 0 aromatic rings. The van der Waals surface area contributed by atoms with Crippen LogP contribution >= 0.6 is 0 Å². The number of hydrogen-bond acceptors (Lipinski definition) is 2. The summed E-state index contributed by atoms with van der Waals surface area (Å²) in [6.07, 6.45) is 4.96. The third-order valence-corrected chi connectivity index (χ3v) is 3.58. The van der Waals surface area contributed by atoms with Crippen molar-refractivity contribution in [2.45, 2.75) is 66.4 Å². The molecule has 2 heteroatoms. The fourth-order valence-electron chi connectivity index (χ4n) is 3.41. The van der Waals surface area contributed by atoms with E-state index in [4.69, 9.17) is 9.47 Å². The Hall–Kier alpha value is -0.0800. The van der Waals surface area contributed by atoms with Crippen molar-refractivity contribution in [1.29, 1.82) is 0 Å². The molecule has 0 aliphatic carbocycles. The van der Waals surface area contributed by atoms with E-state index in [2.05, 4.69) is 34.6 Å². The van der Waals surface area contributed by atoms with Gasteiger partial charge in [-0.3, -0.25) is 0 Å². The molecule has 110 valence electrons. The molecule has 0 heterocycles. The van der Waals surface area contributed by atoms with Crippen LogP contribution in [0.25, 0.3) is 0 Å². The van der Waals surface area contributed by atoms with E-state index >= 15 is 0 Å². The fourth-order valence-corrected chi connectivity index (χ4v) is 3.41. The zero-order chi connectivity index (χ0) is 14.2. The highest BCUT2D eigenvalue weighted by Gasteiger charge is 2.39. The SMILES string of the molecule is CCCC(OC)C(COC)(CC(C)C)CC(C)C. The number of ether oxygens (including phenoxy) is 2. The monoisotopic (exact) mass is 258 g/mol. The first-order valence-corrected chi connectivity index (χ1v) is 7.43. The average molecular weight is 258 g/mol. The topological polar surface area (TPSA) is 18.5 Å². The molecule has 0 amide bonds. The van der Waals surface area contributed by atoms with Crippen molar-refractivity contribution >= 4 is 0 Å². The second-order valence-corrected chi connectivity index (χ2v) is 6.50. The van der Waals surface area contributed by atoms with Crippen LogP contribution in [0.5, 0.6) is 0 Å². The Morgan fingerprint density at radius 1 is 0.944 bits per heavy atom. The number of hydrogen-bond donors (Lipinski definition) is 0. The van der Waals surface area contributed by atoms with Gasteiger partial charge in [-0.1, -0.05) is 41.0 Å². The Morgan fingerprint density at radius 3 is 1.72 bits per heavy atom. The van der Waals surface area contributed by atoms with E-state index in [-0.39, 0.29) is 5.41 Å². The number of rotatable bonds is 10. The normalized spacial score (nSPS) is 14.5. The van der Waals surface area contributed by atoms with Crippen molar-refractivity contribution in [1.82, 2.24) is 0 Å². The molecule has 0 N–H and O–H groups in total. The lowest BCUT2D eigenvalue weighted by Crippen LogP contribution is -2.42. The van der Waals surface area contributed by atoms with Gasteiger partial charge in [0.25, 0.3) is 0 Å². The van der Waals surface area contributed by atoms with Crippen molar-refractivity contribution in [2.75, 3.05) is 20.8 Å². The van der Waals surface area contributed by atoms with Crippen LogP contribution in [0.2, 0.25) is 0 Å². The van der Waals surface area contributed by atoms with Gasteiger partial charge in [-0.05, 0) is 31.1 Å². The molecule has 0 saturated carbocycles. The highest BCUT2D eigenvalue weighted by Crippen LogP contribution is 2.40. The van der Waals surface area contributed by atoms with E-state index in [1.54, 1.807) is 0 Å². The van der Waals surface area contributed by atoms with E-state index in [9.17, 15) is 0 Å². The molecular formula is C16H34O2. The van der Waals surface area contributed by atoms with Gasteiger partial charge in [0.05, 0.1) is 12.7 Å². The Labute approximate surface area is 114 Å². The quantitative estimate of drug-likeness (QED) is 0.573. The van der Waals surface area contributed by atoms with Gasteiger partial charge in [0.15, 0.2) is 0 Å². The summed E-state index contributed by atoms with van der Waals surface area (Å²) in [5, 5.41) is 0. The lowest BCUT2D eigenvalue weighted by Gasteiger charge is -2.42. The second-order valence-electron chi connectivity index (χ2n) is 6.50. The van der Waals surface area contributed by atoms with E-state index in [1.165, 1.54) is 19.3 Å². The zero-order valence-corrected chi connectivity index (χ0v) is 13.6. The predicted molar refractivity (Wildman–Crippen MR) is 78.9 cm³/mol. The summed E-state index contributed by atoms with van der Waals surface area (Å²) in [5.74, 6) is 1.35. The molecule has 0 saturated heterocycles. The van der Waals surface area contributed by atoms with Crippen LogP contribution in [-0.2, 0) is 9.47 Å². The summed E-state index contributed by atoms with van der Waals surface area (Å²) in [6.45, 7) is 12.2. The van der Waals surface area contributed by atoms with Gasteiger partial charge in [-0.15, -0.1) is 0 Å². The molecule has 0 bridgehead atoms. The smallest absolute Gasteiger partial charge is 0.0649 e. The summed E-state index contributed by atoms with van der Waals surface area (Å²) in [6, 6.07) is 0. The van der Waals surface area contributed by atoms with Crippen molar-refractivity contribution < 1.29 is 9.47 Å². The third kappa shape index (κ3) is 5.71. The molecule has 1 unspecified atom stereocenters. The molecular weight excluding hydrogens is 224 g/mol. The minimum atomic E-state index is 0.168. The Kier molecular flexibility index (Phi) is 8.89. The molecule has 0 rings (SSSR count). The van der Waals surface area contributed by atoms with Crippen LogP contribution in [0.1, 0.15) is 60.3 Å². The van der Waals surface area contributed by atoms with Gasteiger partial charge < -0.3 is 9.47 Å². The molecule has 1 atom stereocenters. The number of methoxy groups -OCH3 is 2. The first-order valence-electron chi connectivity index (χ1n) is 7.43. The maximum Gasteiger partial charge on any atom is 0.0649 e. The molecule has 2 nitrogen and oxygen atoms in total. The minimum Gasteiger partial charge on any atom is -0.384 e. The average Bonchev–Trinajstić information content (AvgIpc) is 2.23. The van der Waals surface area contributed by atoms with Crippen LogP contribution in [0.4, 0.5) is 0 Å². The molecule has 0 fully saturated rings. The summed E-state index contributed by atoms with van der Waals surface area (Å²) in [7, 11) is 3.67. The van der Waals surface area contributed by atoms with Crippen LogP contribution < -0.4 is 0 Å². The largest absolute Gasteiger partial charge is 0.384 e.